The van der Waals surface area contributed by atoms with E-state index in [9.17, 15) is 4.79 Å². The summed E-state index contributed by atoms with van der Waals surface area (Å²) in [7, 11) is 0. The lowest BCUT2D eigenvalue weighted by molar-refractivity contribution is 0.0476. The molecule has 2 aliphatic heterocycles. The lowest BCUT2D eigenvalue weighted by atomic mass is 9.83. The third kappa shape index (κ3) is 3.86. The summed E-state index contributed by atoms with van der Waals surface area (Å²) in [5.74, 6) is -0.380. The van der Waals surface area contributed by atoms with E-state index < -0.39 is 0 Å². The van der Waals surface area contributed by atoms with Crippen molar-refractivity contribution in [3.63, 3.8) is 0 Å². The van der Waals surface area contributed by atoms with E-state index in [0.717, 1.165) is 25.1 Å². The van der Waals surface area contributed by atoms with Crippen LogP contribution >= 0.6 is 0 Å². The molecule has 2 bridgehead atoms. The molecule has 0 N–H and O–H groups in total. The van der Waals surface area contributed by atoms with Crippen molar-refractivity contribution in [1.29, 1.82) is 0 Å². The summed E-state index contributed by atoms with van der Waals surface area (Å²) in [6, 6.07) is 20.7. The van der Waals surface area contributed by atoms with Gasteiger partial charge in [0.25, 0.3) is 0 Å². The first kappa shape index (κ1) is 17.0. The van der Waals surface area contributed by atoms with Crippen LogP contribution in [-0.2, 0) is 11.4 Å². The second kappa shape index (κ2) is 7.83. The van der Waals surface area contributed by atoms with E-state index in [1.54, 1.807) is 12.1 Å². The molecule has 2 atom stereocenters. The Hall–Kier alpha value is -2.46. The van der Waals surface area contributed by atoms with E-state index in [0.29, 0.717) is 17.6 Å². The number of piperidine rings is 2. The Morgan fingerprint density at radius 2 is 1.58 bits per heavy atom. The topological polar surface area (TPSA) is 41.9 Å². The highest BCUT2D eigenvalue weighted by atomic mass is 16.7. The van der Waals surface area contributed by atoms with E-state index in [1.807, 2.05) is 18.2 Å². The van der Waals surface area contributed by atoms with Crippen molar-refractivity contribution in [3.8, 4) is 0 Å². The summed E-state index contributed by atoms with van der Waals surface area (Å²) in [5, 5.41) is 4.22. The quantitative estimate of drug-likeness (QED) is 0.607. The van der Waals surface area contributed by atoms with E-state index in [2.05, 4.69) is 40.4 Å². The lowest BCUT2D eigenvalue weighted by Gasteiger charge is -2.46. The molecule has 2 aromatic carbocycles. The summed E-state index contributed by atoms with van der Waals surface area (Å²) in [6.07, 6.45) is 5.44. The Morgan fingerprint density at radius 3 is 2.23 bits per heavy atom. The molecule has 26 heavy (non-hydrogen) atoms. The maximum atomic E-state index is 12.1. The standard InChI is InChI=1S/C22H24N2O2/c25-22(18-10-5-2-6-11-18)26-23-19-14-20-12-7-13-21(15-19)24(20)16-17-8-3-1-4-9-17/h1-6,8-11,20-21H,7,12-16H2. The smallest absolute Gasteiger partial charge is 0.313 e. The van der Waals surface area contributed by atoms with Gasteiger partial charge < -0.3 is 4.84 Å². The van der Waals surface area contributed by atoms with E-state index in [-0.39, 0.29) is 5.97 Å². The van der Waals surface area contributed by atoms with Gasteiger partial charge in [0, 0.05) is 31.5 Å². The zero-order chi connectivity index (χ0) is 17.8. The fourth-order valence-corrected chi connectivity index (χ4v) is 4.14. The Bertz CT molecular complexity index is 757. The number of nitrogens with zero attached hydrogens (tertiary/aromatic N) is 2. The van der Waals surface area contributed by atoms with Crippen LogP contribution in [0.2, 0.25) is 0 Å². The largest absolute Gasteiger partial charge is 0.365 e. The fourth-order valence-electron chi connectivity index (χ4n) is 4.14. The molecule has 0 aliphatic carbocycles. The average Bonchev–Trinajstić information content (AvgIpc) is 2.68. The highest BCUT2D eigenvalue weighted by molar-refractivity contribution is 5.91. The van der Waals surface area contributed by atoms with Gasteiger partial charge in [-0.1, -0.05) is 60.1 Å². The van der Waals surface area contributed by atoms with Gasteiger partial charge in [0.2, 0.25) is 0 Å². The highest BCUT2D eigenvalue weighted by Crippen LogP contribution is 2.34. The van der Waals surface area contributed by atoms with Crippen molar-refractivity contribution in [2.75, 3.05) is 0 Å². The first-order valence-corrected chi connectivity index (χ1v) is 9.41. The molecule has 4 heteroatoms. The predicted molar refractivity (Wildman–Crippen MR) is 102 cm³/mol. The molecule has 4 nitrogen and oxygen atoms in total. The van der Waals surface area contributed by atoms with Gasteiger partial charge in [-0.25, -0.2) is 4.79 Å². The van der Waals surface area contributed by atoms with Crippen LogP contribution in [0.5, 0.6) is 0 Å². The minimum absolute atomic E-state index is 0.380. The molecule has 2 heterocycles. The molecule has 2 unspecified atom stereocenters. The molecule has 2 aromatic rings. The number of fused-ring (bicyclic) bond motifs is 2. The third-order valence-electron chi connectivity index (χ3n) is 5.43. The lowest BCUT2D eigenvalue weighted by Crippen LogP contribution is -2.51. The van der Waals surface area contributed by atoms with Gasteiger partial charge in [-0.05, 0) is 30.5 Å². The van der Waals surface area contributed by atoms with Gasteiger partial charge in [-0.3, -0.25) is 4.90 Å². The Kier molecular flexibility index (Phi) is 5.12. The highest BCUT2D eigenvalue weighted by Gasteiger charge is 2.36. The number of oxime groups is 1. The number of carbonyl (C=O) groups is 1. The van der Waals surface area contributed by atoms with E-state index in [4.69, 9.17) is 4.84 Å². The molecule has 2 fully saturated rings. The molecule has 0 amide bonds. The molecule has 2 saturated heterocycles. The summed E-state index contributed by atoms with van der Waals surface area (Å²) in [5.41, 5.74) is 2.92. The predicted octanol–water partition coefficient (Wildman–Crippen LogP) is 4.42. The summed E-state index contributed by atoms with van der Waals surface area (Å²) in [4.78, 5) is 19.9. The molecule has 0 aromatic heterocycles. The average molecular weight is 348 g/mol. The van der Waals surface area contributed by atoms with Crippen LogP contribution in [0.1, 0.15) is 48.0 Å². The van der Waals surface area contributed by atoms with Crippen LogP contribution in [0.25, 0.3) is 0 Å². The van der Waals surface area contributed by atoms with Gasteiger partial charge in [0.15, 0.2) is 0 Å². The van der Waals surface area contributed by atoms with Crippen molar-refractivity contribution < 1.29 is 9.63 Å². The molecular formula is C22H24N2O2. The zero-order valence-electron chi connectivity index (χ0n) is 14.9. The first-order chi connectivity index (χ1) is 12.8. The Morgan fingerprint density at radius 1 is 0.962 bits per heavy atom. The van der Waals surface area contributed by atoms with E-state index in [1.165, 1.54) is 24.8 Å². The second-order valence-electron chi connectivity index (χ2n) is 7.21. The minimum atomic E-state index is -0.380. The molecule has 134 valence electrons. The molecule has 2 aliphatic rings. The van der Waals surface area contributed by atoms with Crippen LogP contribution in [0.4, 0.5) is 0 Å². The SMILES string of the molecule is O=C(ON=C1CC2CCCC(C1)N2Cc1ccccc1)c1ccccc1. The number of carbonyl (C=O) groups excluding carboxylic acids is 1. The van der Waals surface area contributed by atoms with Gasteiger partial charge in [-0.2, -0.15) is 0 Å². The van der Waals surface area contributed by atoms with Crippen LogP contribution in [0, 0.1) is 0 Å². The number of hydrogen-bond donors (Lipinski definition) is 0. The van der Waals surface area contributed by atoms with Crippen LogP contribution in [0.15, 0.2) is 65.8 Å². The van der Waals surface area contributed by atoms with Crippen LogP contribution in [-0.4, -0.2) is 28.7 Å². The second-order valence-corrected chi connectivity index (χ2v) is 7.21. The zero-order valence-corrected chi connectivity index (χ0v) is 14.9. The maximum absolute atomic E-state index is 12.1. The van der Waals surface area contributed by atoms with Gasteiger partial charge >= 0.3 is 5.97 Å². The number of hydrogen-bond acceptors (Lipinski definition) is 4. The molecular weight excluding hydrogens is 324 g/mol. The van der Waals surface area contributed by atoms with Gasteiger partial charge in [0.05, 0.1) is 11.3 Å². The number of benzene rings is 2. The Balaban J connectivity index is 1.42. The van der Waals surface area contributed by atoms with Crippen molar-refractivity contribution in [3.05, 3.63) is 71.8 Å². The molecule has 0 saturated carbocycles. The summed E-state index contributed by atoms with van der Waals surface area (Å²) >= 11 is 0. The summed E-state index contributed by atoms with van der Waals surface area (Å²) < 4.78 is 0. The third-order valence-corrected chi connectivity index (χ3v) is 5.43. The number of rotatable bonds is 4. The van der Waals surface area contributed by atoms with E-state index >= 15 is 0 Å². The monoisotopic (exact) mass is 348 g/mol. The van der Waals surface area contributed by atoms with Crippen molar-refractivity contribution >= 4 is 11.7 Å². The summed E-state index contributed by atoms with van der Waals surface area (Å²) in [6.45, 7) is 0.993. The van der Waals surface area contributed by atoms with Crippen molar-refractivity contribution in [2.45, 2.75) is 50.7 Å². The maximum Gasteiger partial charge on any atom is 0.365 e. The van der Waals surface area contributed by atoms with Crippen LogP contribution in [0.3, 0.4) is 0 Å². The Labute approximate surface area is 154 Å². The molecule has 0 spiro atoms. The molecule has 4 rings (SSSR count). The van der Waals surface area contributed by atoms with Crippen LogP contribution < -0.4 is 0 Å². The first-order valence-electron chi connectivity index (χ1n) is 9.41. The minimum Gasteiger partial charge on any atom is -0.313 e. The van der Waals surface area contributed by atoms with Crippen molar-refractivity contribution in [1.82, 2.24) is 4.90 Å². The van der Waals surface area contributed by atoms with Gasteiger partial charge in [0.1, 0.15) is 0 Å². The van der Waals surface area contributed by atoms with Crippen molar-refractivity contribution in [2.24, 2.45) is 5.16 Å². The fraction of sp³-hybridized carbons (Fsp3) is 0.364. The van der Waals surface area contributed by atoms with Gasteiger partial charge in [-0.15, -0.1) is 0 Å². The molecule has 0 radical (unpaired) electrons. The normalized spacial score (nSPS) is 22.7.